The van der Waals surface area contributed by atoms with E-state index in [1.807, 2.05) is 11.3 Å². The van der Waals surface area contributed by atoms with Gasteiger partial charge in [0.1, 0.15) is 5.01 Å². The fourth-order valence-electron chi connectivity index (χ4n) is 3.60. The van der Waals surface area contributed by atoms with Crippen LogP contribution in [0.1, 0.15) is 47.9 Å². The van der Waals surface area contributed by atoms with E-state index in [2.05, 4.69) is 50.1 Å². The first-order chi connectivity index (χ1) is 9.89. The lowest BCUT2D eigenvalue weighted by Gasteiger charge is -2.36. The second kappa shape index (κ2) is 5.61. The molecule has 4 nitrogen and oxygen atoms in total. The van der Waals surface area contributed by atoms with Gasteiger partial charge in [-0.15, -0.1) is 11.3 Å². The largest absolute Gasteiger partial charge is 0.312 e. The van der Waals surface area contributed by atoms with E-state index < -0.39 is 0 Å². The van der Waals surface area contributed by atoms with E-state index in [0.717, 1.165) is 26.1 Å². The molecule has 0 radical (unpaired) electrons. The average molecular weight is 308 g/mol. The quantitative estimate of drug-likeness (QED) is 0.908. The van der Waals surface area contributed by atoms with Crippen LogP contribution in [0.4, 0.5) is 0 Å². The number of piperazine rings is 1. The van der Waals surface area contributed by atoms with Gasteiger partial charge in [0.2, 0.25) is 0 Å². The van der Waals surface area contributed by atoms with Gasteiger partial charge in [-0.25, -0.2) is 4.98 Å². The minimum Gasteiger partial charge on any atom is -0.312 e. The summed E-state index contributed by atoms with van der Waals surface area (Å²) in [6.07, 6.45) is 2.32. The summed E-state index contributed by atoms with van der Waals surface area (Å²) < 4.78 is 0. The molecule has 2 atom stereocenters. The minimum absolute atomic E-state index is 0.348. The lowest BCUT2D eigenvalue weighted by atomic mass is 9.76. The molecule has 1 fully saturated rings. The summed E-state index contributed by atoms with van der Waals surface area (Å²) in [5.74, 6) is 0. The fraction of sp³-hybridized carbons (Fsp3) is 0.812. The Balaban J connectivity index is 1.91. The molecule has 5 heteroatoms. The Morgan fingerprint density at radius 3 is 2.76 bits per heavy atom. The van der Waals surface area contributed by atoms with Crippen molar-refractivity contribution in [3.63, 3.8) is 0 Å². The lowest BCUT2D eigenvalue weighted by molar-refractivity contribution is 0.114. The zero-order valence-corrected chi connectivity index (χ0v) is 14.8. The van der Waals surface area contributed by atoms with E-state index in [1.165, 1.54) is 22.0 Å². The molecule has 3 rings (SSSR count). The van der Waals surface area contributed by atoms with Crippen LogP contribution >= 0.6 is 11.3 Å². The van der Waals surface area contributed by atoms with Crippen LogP contribution in [0, 0.1) is 5.41 Å². The third-order valence-corrected chi connectivity index (χ3v) is 6.26. The monoisotopic (exact) mass is 308 g/mol. The van der Waals surface area contributed by atoms with Crippen molar-refractivity contribution in [1.29, 1.82) is 0 Å². The Kier molecular flexibility index (Phi) is 4.12. The molecule has 1 aliphatic carbocycles. The SMILES string of the molecule is CNC1CC(C)(C)Cc2nc(C3CN(C)CCN3C)sc21. The van der Waals surface area contributed by atoms with Crippen LogP contribution in [0.15, 0.2) is 0 Å². The Hall–Kier alpha value is -0.490. The Bertz CT molecular complexity index is 510. The predicted molar refractivity (Wildman–Crippen MR) is 88.9 cm³/mol. The standard InChI is InChI=1S/C16H28N4S/c1-16(2)8-11(17-3)14-12(9-16)18-15(21-14)13-10-19(4)6-7-20(13)5/h11,13,17H,6-10H2,1-5H3. The molecule has 0 spiro atoms. The van der Waals surface area contributed by atoms with Crippen LogP contribution in [0.2, 0.25) is 0 Å². The average Bonchev–Trinajstić information content (AvgIpc) is 2.82. The minimum atomic E-state index is 0.348. The van der Waals surface area contributed by atoms with Crippen molar-refractivity contribution in [3.05, 3.63) is 15.6 Å². The maximum Gasteiger partial charge on any atom is 0.112 e. The van der Waals surface area contributed by atoms with Gasteiger partial charge in [0, 0.05) is 30.6 Å². The van der Waals surface area contributed by atoms with Crippen LogP contribution in [0.5, 0.6) is 0 Å². The van der Waals surface area contributed by atoms with Crippen molar-refractivity contribution < 1.29 is 0 Å². The van der Waals surface area contributed by atoms with Crippen LogP contribution in [-0.4, -0.2) is 55.6 Å². The number of nitrogens with one attached hydrogen (secondary N) is 1. The topological polar surface area (TPSA) is 31.4 Å². The third-order valence-electron chi connectivity index (χ3n) is 4.95. The van der Waals surface area contributed by atoms with Gasteiger partial charge in [-0.05, 0) is 39.4 Å². The highest BCUT2D eigenvalue weighted by Gasteiger charge is 2.36. The van der Waals surface area contributed by atoms with Crippen molar-refractivity contribution >= 4 is 11.3 Å². The molecule has 1 aromatic heterocycles. The van der Waals surface area contributed by atoms with Gasteiger partial charge < -0.3 is 10.2 Å². The fourth-order valence-corrected chi connectivity index (χ4v) is 4.96. The second-order valence-corrected chi connectivity index (χ2v) is 8.57. The molecule has 118 valence electrons. The highest BCUT2D eigenvalue weighted by atomic mass is 32.1. The first kappa shape index (κ1) is 15.4. The molecular formula is C16H28N4S. The van der Waals surface area contributed by atoms with Gasteiger partial charge in [0.05, 0.1) is 11.7 Å². The maximum atomic E-state index is 5.06. The predicted octanol–water partition coefficient (Wildman–Crippen LogP) is 2.29. The molecule has 2 heterocycles. The molecule has 1 saturated heterocycles. The molecule has 1 N–H and O–H groups in total. The number of hydrogen-bond acceptors (Lipinski definition) is 5. The van der Waals surface area contributed by atoms with E-state index in [4.69, 9.17) is 4.98 Å². The van der Waals surface area contributed by atoms with E-state index in [-0.39, 0.29) is 0 Å². The van der Waals surface area contributed by atoms with Crippen LogP contribution < -0.4 is 5.32 Å². The molecule has 0 bridgehead atoms. The van der Waals surface area contributed by atoms with Gasteiger partial charge >= 0.3 is 0 Å². The molecule has 1 aromatic rings. The summed E-state index contributed by atoms with van der Waals surface area (Å²) >= 11 is 1.94. The van der Waals surface area contributed by atoms with Crippen molar-refractivity contribution in [1.82, 2.24) is 20.1 Å². The summed E-state index contributed by atoms with van der Waals surface area (Å²) in [4.78, 5) is 11.4. The molecule has 2 aliphatic rings. The summed E-state index contributed by atoms with van der Waals surface area (Å²) in [5, 5.41) is 4.81. The van der Waals surface area contributed by atoms with Crippen molar-refractivity contribution in [2.75, 3.05) is 40.8 Å². The van der Waals surface area contributed by atoms with Crippen molar-refractivity contribution in [3.8, 4) is 0 Å². The zero-order chi connectivity index (χ0) is 15.2. The molecule has 1 aliphatic heterocycles. The summed E-state index contributed by atoms with van der Waals surface area (Å²) in [6, 6.07) is 0.932. The molecular weight excluding hydrogens is 280 g/mol. The molecule has 21 heavy (non-hydrogen) atoms. The molecule has 0 amide bonds. The Morgan fingerprint density at radius 1 is 1.29 bits per heavy atom. The number of thiazole rings is 1. The highest BCUT2D eigenvalue weighted by Crippen LogP contribution is 2.44. The molecule has 0 aromatic carbocycles. The maximum absolute atomic E-state index is 5.06. The first-order valence-corrected chi connectivity index (χ1v) is 8.77. The Labute approximate surface area is 132 Å². The third kappa shape index (κ3) is 3.02. The van der Waals surface area contributed by atoms with Crippen LogP contribution in [0.25, 0.3) is 0 Å². The number of aromatic nitrogens is 1. The van der Waals surface area contributed by atoms with Crippen molar-refractivity contribution in [2.24, 2.45) is 5.41 Å². The van der Waals surface area contributed by atoms with E-state index >= 15 is 0 Å². The summed E-state index contributed by atoms with van der Waals surface area (Å²) in [5.41, 5.74) is 1.69. The van der Waals surface area contributed by atoms with Crippen LogP contribution in [-0.2, 0) is 6.42 Å². The first-order valence-electron chi connectivity index (χ1n) is 7.95. The van der Waals surface area contributed by atoms with E-state index in [1.54, 1.807) is 0 Å². The van der Waals surface area contributed by atoms with Gasteiger partial charge in [-0.3, -0.25) is 4.90 Å². The lowest BCUT2D eigenvalue weighted by Crippen LogP contribution is -2.44. The van der Waals surface area contributed by atoms with E-state index in [0.29, 0.717) is 17.5 Å². The van der Waals surface area contributed by atoms with Crippen molar-refractivity contribution in [2.45, 2.75) is 38.8 Å². The smallest absolute Gasteiger partial charge is 0.112 e. The van der Waals surface area contributed by atoms with Gasteiger partial charge in [-0.1, -0.05) is 13.8 Å². The highest BCUT2D eigenvalue weighted by molar-refractivity contribution is 7.12. The second-order valence-electron chi connectivity index (χ2n) is 7.51. The van der Waals surface area contributed by atoms with Crippen LogP contribution in [0.3, 0.4) is 0 Å². The number of nitrogens with zero attached hydrogens (tertiary/aromatic N) is 3. The van der Waals surface area contributed by atoms with Gasteiger partial charge in [-0.2, -0.15) is 0 Å². The normalized spacial score (nSPS) is 30.3. The number of hydrogen-bond donors (Lipinski definition) is 1. The number of fused-ring (bicyclic) bond motifs is 1. The zero-order valence-electron chi connectivity index (χ0n) is 13.9. The van der Waals surface area contributed by atoms with Gasteiger partial charge in [0.15, 0.2) is 0 Å². The van der Waals surface area contributed by atoms with E-state index in [9.17, 15) is 0 Å². The summed E-state index contributed by atoms with van der Waals surface area (Å²) in [6.45, 7) is 8.10. The summed E-state index contributed by atoms with van der Waals surface area (Å²) in [7, 11) is 6.53. The Morgan fingerprint density at radius 2 is 2.05 bits per heavy atom. The number of rotatable bonds is 2. The number of likely N-dealkylation sites (N-methyl/N-ethyl adjacent to an activating group) is 2. The molecule has 2 unspecified atom stereocenters. The van der Waals surface area contributed by atoms with Gasteiger partial charge in [0.25, 0.3) is 0 Å². The molecule has 0 saturated carbocycles.